The highest BCUT2D eigenvalue weighted by Gasteiger charge is 2.22. The molecule has 2 rings (SSSR count). The lowest BCUT2D eigenvalue weighted by molar-refractivity contribution is -0.396. The average Bonchev–Trinajstić information content (AvgIpc) is 2.56. The van der Waals surface area contributed by atoms with Crippen LogP contribution in [0.25, 0.3) is 0 Å². The van der Waals surface area contributed by atoms with Crippen molar-refractivity contribution in [3.05, 3.63) is 66.7 Å². The number of non-ortho nitro benzene ring substituents is 2. The third kappa shape index (κ3) is 4.06. The zero-order chi connectivity index (χ0) is 18.6. The SMILES string of the molecule is O=CNc1ccc([N+](=O)[O-])cc1Sc1ccc([N+](=O)[O-])cc1[N+](=O)[O-]. The van der Waals surface area contributed by atoms with Gasteiger partial charge in [0.05, 0.1) is 31.4 Å². The molecule has 1 N–H and O–H groups in total. The predicted molar refractivity (Wildman–Crippen MR) is 86.7 cm³/mol. The summed E-state index contributed by atoms with van der Waals surface area (Å²) in [6.45, 7) is 0. The Morgan fingerprint density at radius 3 is 2.00 bits per heavy atom. The number of nitrogens with one attached hydrogen (secondary N) is 1. The molecule has 0 atom stereocenters. The Hall–Kier alpha value is -3.54. The number of nitrogens with zero attached hydrogens (tertiary/aromatic N) is 3. The fraction of sp³-hybridized carbons (Fsp3) is 0. The van der Waals surface area contributed by atoms with Crippen LogP contribution in [-0.2, 0) is 4.79 Å². The van der Waals surface area contributed by atoms with E-state index in [2.05, 4.69) is 5.32 Å². The summed E-state index contributed by atoms with van der Waals surface area (Å²) in [5.74, 6) is 0. The maximum atomic E-state index is 11.2. The van der Waals surface area contributed by atoms with Crippen molar-refractivity contribution < 1.29 is 19.6 Å². The van der Waals surface area contributed by atoms with Crippen molar-refractivity contribution in [2.75, 3.05) is 5.32 Å². The number of anilines is 1. The first-order valence-corrected chi connectivity index (χ1v) is 7.24. The Morgan fingerprint density at radius 1 is 0.840 bits per heavy atom. The van der Waals surface area contributed by atoms with Crippen LogP contribution in [0.5, 0.6) is 0 Å². The Balaban J connectivity index is 2.52. The van der Waals surface area contributed by atoms with Gasteiger partial charge in [0, 0.05) is 23.1 Å². The van der Waals surface area contributed by atoms with Crippen LogP contribution in [0.15, 0.2) is 46.2 Å². The number of hydrogen-bond acceptors (Lipinski definition) is 8. The number of carbonyl (C=O) groups is 1. The van der Waals surface area contributed by atoms with E-state index in [1.807, 2.05) is 0 Å². The van der Waals surface area contributed by atoms with E-state index in [0.717, 1.165) is 30.0 Å². The summed E-state index contributed by atoms with van der Waals surface area (Å²) in [6.07, 6.45) is 0.357. The first-order chi connectivity index (χ1) is 11.8. The molecule has 0 aromatic heterocycles. The first kappa shape index (κ1) is 17.8. The van der Waals surface area contributed by atoms with Crippen molar-refractivity contribution in [3.8, 4) is 0 Å². The molecule has 1 amide bonds. The maximum Gasteiger partial charge on any atom is 0.290 e. The smallest absolute Gasteiger partial charge is 0.290 e. The molecule has 0 bridgehead atoms. The van der Waals surface area contributed by atoms with Gasteiger partial charge in [-0.15, -0.1) is 0 Å². The lowest BCUT2D eigenvalue weighted by atomic mass is 10.3. The van der Waals surface area contributed by atoms with Gasteiger partial charge in [-0.2, -0.15) is 0 Å². The molecule has 0 aliphatic carbocycles. The molecular formula is C13H8N4O7S. The van der Waals surface area contributed by atoms with Crippen LogP contribution < -0.4 is 5.32 Å². The van der Waals surface area contributed by atoms with E-state index < -0.39 is 26.1 Å². The number of hydrogen-bond donors (Lipinski definition) is 1. The number of nitro groups is 3. The molecule has 12 heteroatoms. The van der Waals surface area contributed by atoms with E-state index in [-0.39, 0.29) is 21.2 Å². The number of benzene rings is 2. The Kier molecular flexibility index (Phi) is 5.24. The maximum absolute atomic E-state index is 11.2. The summed E-state index contributed by atoms with van der Waals surface area (Å²) in [7, 11) is 0. The van der Waals surface area contributed by atoms with Gasteiger partial charge >= 0.3 is 0 Å². The van der Waals surface area contributed by atoms with E-state index in [9.17, 15) is 35.1 Å². The van der Waals surface area contributed by atoms with Crippen molar-refractivity contribution in [1.29, 1.82) is 0 Å². The number of rotatable bonds is 7. The quantitative estimate of drug-likeness (QED) is 0.445. The van der Waals surface area contributed by atoms with Crippen LogP contribution in [0.1, 0.15) is 0 Å². The minimum absolute atomic E-state index is 0.0325. The highest BCUT2D eigenvalue weighted by Crippen LogP contribution is 2.41. The number of carbonyl (C=O) groups excluding carboxylic acids is 1. The molecule has 0 aliphatic rings. The summed E-state index contributed by atoms with van der Waals surface area (Å²) in [6, 6.07) is 6.64. The largest absolute Gasteiger partial charge is 0.328 e. The number of amides is 1. The molecule has 0 saturated heterocycles. The Morgan fingerprint density at radius 2 is 1.44 bits per heavy atom. The predicted octanol–water partition coefficient (Wildman–Crippen LogP) is 3.13. The summed E-state index contributed by atoms with van der Waals surface area (Å²) >= 11 is 0.771. The van der Waals surface area contributed by atoms with Gasteiger partial charge < -0.3 is 5.32 Å². The normalized spacial score (nSPS) is 10.1. The van der Waals surface area contributed by atoms with Gasteiger partial charge in [-0.05, 0) is 12.1 Å². The lowest BCUT2D eigenvalue weighted by Crippen LogP contribution is -1.98. The minimum atomic E-state index is -0.792. The third-order valence-corrected chi connectivity index (χ3v) is 4.08. The van der Waals surface area contributed by atoms with Gasteiger partial charge in [-0.25, -0.2) is 0 Å². The minimum Gasteiger partial charge on any atom is -0.328 e. The van der Waals surface area contributed by atoms with Crippen LogP contribution >= 0.6 is 11.8 Å². The molecule has 0 saturated carbocycles. The van der Waals surface area contributed by atoms with Crippen molar-refractivity contribution in [2.24, 2.45) is 0 Å². The van der Waals surface area contributed by atoms with Crippen LogP contribution in [-0.4, -0.2) is 21.2 Å². The third-order valence-electron chi connectivity index (χ3n) is 2.96. The second-order valence-corrected chi connectivity index (χ2v) is 5.55. The van der Waals surface area contributed by atoms with E-state index in [1.165, 1.54) is 18.2 Å². The zero-order valence-electron chi connectivity index (χ0n) is 12.1. The van der Waals surface area contributed by atoms with Crippen molar-refractivity contribution in [1.82, 2.24) is 0 Å². The standard InChI is InChI=1S/C13H8N4O7S/c18-7-14-10-3-1-9(16(21)22)6-13(10)25-12-4-2-8(15(19)20)5-11(12)17(23)24/h1-7H,(H,14,18). The molecule has 0 spiro atoms. The molecule has 0 radical (unpaired) electrons. The van der Waals surface area contributed by atoms with Crippen LogP contribution in [0.2, 0.25) is 0 Å². The van der Waals surface area contributed by atoms with Gasteiger partial charge in [0.15, 0.2) is 0 Å². The highest BCUT2D eigenvalue weighted by molar-refractivity contribution is 7.99. The monoisotopic (exact) mass is 364 g/mol. The summed E-state index contributed by atoms with van der Waals surface area (Å²) in [4.78, 5) is 41.5. The second-order valence-electron chi connectivity index (χ2n) is 4.47. The molecule has 2 aromatic carbocycles. The lowest BCUT2D eigenvalue weighted by Gasteiger charge is -2.08. The van der Waals surface area contributed by atoms with Crippen molar-refractivity contribution in [2.45, 2.75) is 9.79 Å². The highest BCUT2D eigenvalue weighted by atomic mass is 32.2. The van der Waals surface area contributed by atoms with Crippen molar-refractivity contribution in [3.63, 3.8) is 0 Å². The van der Waals surface area contributed by atoms with Crippen LogP contribution in [0.3, 0.4) is 0 Å². The van der Waals surface area contributed by atoms with Gasteiger partial charge in [-0.3, -0.25) is 35.1 Å². The zero-order valence-corrected chi connectivity index (χ0v) is 13.0. The van der Waals surface area contributed by atoms with Crippen molar-refractivity contribution >= 4 is 40.9 Å². The average molecular weight is 364 g/mol. The van der Waals surface area contributed by atoms with Gasteiger partial charge in [0.2, 0.25) is 6.41 Å². The molecular weight excluding hydrogens is 356 g/mol. The van der Waals surface area contributed by atoms with Gasteiger partial charge in [-0.1, -0.05) is 11.8 Å². The van der Waals surface area contributed by atoms with Crippen LogP contribution in [0, 0.1) is 30.3 Å². The Bertz CT molecular complexity index is 887. The first-order valence-electron chi connectivity index (χ1n) is 6.42. The summed E-state index contributed by atoms with van der Waals surface area (Å²) in [5.41, 5.74) is -1.05. The molecule has 0 fully saturated rings. The van der Waals surface area contributed by atoms with E-state index >= 15 is 0 Å². The fourth-order valence-electron chi connectivity index (χ4n) is 1.86. The Labute approximate surface area is 143 Å². The van der Waals surface area contributed by atoms with Gasteiger partial charge in [0.1, 0.15) is 0 Å². The van der Waals surface area contributed by atoms with Crippen LogP contribution in [0.4, 0.5) is 22.7 Å². The number of nitro benzene ring substituents is 3. The summed E-state index contributed by atoms with van der Waals surface area (Å²) < 4.78 is 0. The molecule has 11 nitrogen and oxygen atoms in total. The molecule has 0 unspecified atom stereocenters. The topological polar surface area (TPSA) is 159 Å². The molecule has 2 aromatic rings. The molecule has 128 valence electrons. The van der Waals surface area contributed by atoms with E-state index in [0.29, 0.717) is 6.41 Å². The van der Waals surface area contributed by atoms with Gasteiger partial charge in [0.25, 0.3) is 17.1 Å². The molecule has 0 aliphatic heterocycles. The van der Waals surface area contributed by atoms with E-state index in [4.69, 9.17) is 0 Å². The van der Waals surface area contributed by atoms with E-state index in [1.54, 1.807) is 0 Å². The summed E-state index contributed by atoms with van der Waals surface area (Å²) in [5, 5.41) is 35.2. The second kappa shape index (κ2) is 7.35. The molecule has 0 heterocycles. The molecule has 25 heavy (non-hydrogen) atoms. The fourth-order valence-corrected chi connectivity index (χ4v) is 2.89.